The maximum absolute atomic E-state index is 12.8. The van der Waals surface area contributed by atoms with E-state index in [2.05, 4.69) is 16.0 Å². The van der Waals surface area contributed by atoms with Gasteiger partial charge in [-0.25, -0.2) is 4.98 Å². The average Bonchev–Trinajstić information content (AvgIpc) is 3.36. The Kier molecular flexibility index (Phi) is 5.33. The Labute approximate surface area is 170 Å². The van der Waals surface area contributed by atoms with Gasteiger partial charge in [0.15, 0.2) is 0 Å². The van der Waals surface area contributed by atoms with E-state index in [4.69, 9.17) is 16.3 Å². The zero-order chi connectivity index (χ0) is 18.8. The van der Waals surface area contributed by atoms with Gasteiger partial charge >= 0.3 is 0 Å². The molecule has 1 aromatic carbocycles. The third-order valence-corrected chi connectivity index (χ3v) is 6.74. The minimum atomic E-state index is -0.0140. The van der Waals surface area contributed by atoms with Gasteiger partial charge in [0.05, 0.1) is 22.0 Å². The molecule has 1 fully saturated rings. The van der Waals surface area contributed by atoms with Crippen molar-refractivity contribution in [1.29, 1.82) is 0 Å². The second-order valence-corrected chi connectivity index (χ2v) is 8.67. The zero-order valence-corrected chi connectivity index (χ0v) is 17.1. The molecular weight excluding hydrogens is 402 g/mol. The summed E-state index contributed by atoms with van der Waals surface area (Å²) in [6.07, 6.45) is 0. The first-order chi connectivity index (χ1) is 13.2. The van der Waals surface area contributed by atoms with Crippen molar-refractivity contribution in [2.24, 2.45) is 0 Å². The highest BCUT2D eigenvalue weighted by atomic mass is 35.5. The Balaban J connectivity index is 1.42. The van der Waals surface area contributed by atoms with Gasteiger partial charge in [-0.3, -0.25) is 4.79 Å². The van der Waals surface area contributed by atoms with Crippen LogP contribution >= 0.6 is 34.3 Å². The first-order valence-corrected chi connectivity index (χ1v) is 10.6. The van der Waals surface area contributed by atoms with Crippen LogP contribution in [0.5, 0.6) is 5.75 Å². The highest BCUT2D eigenvalue weighted by molar-refractivity contribution is 7.23. The maximum atomic E-state index is 12.8. The number of nitrogens with zero attached hydrogens (tertiary/aromatic N) is 3. The van der Waals surface area contributed by atoms with E-state index in [0.29, 0.717) is 18.8 Å². The molecule has 0 spiro atoms. The molecule has 0 saturated carbocycles. The van der Waals surface area contributed by atoms with Gasteiger partial charge in [-0.05, 0) is 24.3 Å². The van der Waals surface area contributed by atoms with Crippen LogP contribution in [-0.4, -0.2) is 49.1 Å². The van der Waals surface area contributed by atoms with Crippen LogP contribution in [0.3, 0.4) is 0 Å². The summed E-state index contributed by atoms with van der Waals surface area (Å²) in [5.74, 6) is 0.843. The maximum Gasteiger partial charge on any atom is 0.273 e. The first-order valence-electron chi connectivity index (χ1n) is 8.54. The molecule has 3 aromatic rings. The summed E-state index contributed by atoms with van der Waals surface area (Å²) in [7, 11) is 1.68. The van der Waals surface area contributed by atoms with Crippen molar-refractivity contribution in [3.8, 4) is 15.6 Å². The van der Waals surface area contributed by atoms with Gasteiger partial charge in [-0.2, -0.15) is 0 Å². The number of benzene rings is 1. The summed E-state index contributed by atoms with van der Waals surface area (Å²) in [4.78, 5) is 22.4. The number of anilines is 1. The van der Waals surface area contributed by atoms with Crippen molar-refractivity contribution < 1.29 is 9.53 Å². The molecule has 0 atom stereocenters. The second kappa shape index (κ2) is 7.88. The summed E-state index contributed by atoms with van der Waals surface area (Å²) >= 11 is 8.94. The van der Waals surface area contributed by atoms with Gasteiger partial charge in [-0.15, -0.1) is 22.7 Å². The predicted molar refractivity (Wildman–Crippen MR) is 112 cm³/mol. The molecule has 1 saturated heterocycles. The van der Waals surface area contributed by atoms with Crippen LogP contribution in [-0.2, 0) is 0 Å². The summed E-state index contributed by atoms with van der Waals surface area (Å²) in [6, 6.07) is 11.8. The van der Waals surface area contributed by atoms with E-state index in [1.54, 1.807) is 7.11 Å². The van der Waals surface area contributed by atoms with Crippen molar-refractivity contribution in [3.05, 3.63) is 51.8 Å². The fourth-order valence-electron chi connectivity index (χ4n) is 3.12. The van der Waals surface area contributed by atoms with Crippen molar-refractivity contribution in [1.82, 2.24) is 9.88 Å². The van der Waals surface area contributed by atoms with Crippen molar-refractivity contribution in [2.75, 3.05) is 38.2 Å². The SMILES string of the molecule is COc1ccccc1N1CCN(C(=O)c2csc(-c3ccc(Cl)s3)n2)CC1. The molecule has 8 heteroatoms. The number of carbonyl (C=O) groups is 1. The van der Waals surface area contributed by atoms with Gasteiger partial charge in [0, 0.05) is 31.6 Å². The summed E-state index contributed by atoms with van der Waals surface area (Å²) in [5, 5.41) is 2.67. The quantitative estimate of drug-likeness (QED) is 0.624. The van der Waals surface area contributed by atoms with Crippen LogP contribution in [0.1, 0.15) is 10.5 Å². The third-order valence-electron chi connectivity index (χ3n) is 4.50. The van der Waals surface area contributed by atoms with Gasteiger partial charge in [0.2, 0.25) is 0 Å². The number of hydrogen-bond acceptors (Lipinski definition) is 6. The number of rotatable bonds is 4. The third kappa shape index (κ3) is 3.81. The average molecular weight is 420 g/mol. The number of hydrogen-bond donors (Lipinski definition) is 0. The van der Waals surface area contributed by atoms with Gasteiger partial charge in [0.1, 0.15) is 16.5 Å². The molecule has 0 radical (unpaired) electrons. The molecule has 2 aromatic heterocycles. The lowest BCUT2D eigenvalue weighted by atomic mass is 10.2. The molecule has 0 unspecified atom stereocenters. The zero-order valence-electron chi connectivity index (χ0n) is 14.7. The number of methoxy groups -OCH3 is 1. The molecule has 1 amide bonds. The van der Waals surface area contributed by atoms with Gasteiger partial charge in [0.25, 0.3) is 5.91 Å². The lowest BCUT2D eigenvalue weighted by Crippen LogP contribution is -2.49. The van der Waals surface area contributed by atoms with Crippen LogP contribution in [0, 0.1) is 0 Å². The number of ether oxygens (including phenoxy) is 1. The molecule has 0 bridgehead atoms. The number of amides is 1. The van der Waals surface area contributed by atoms with Crippen LogP contribution < -0.4 is 9.64 Å². The standard InChI is InChI=1S/C19H18ClN3O2S2/c1-25-15-5-3-2-4-14(15)22-8-10-23(11-9-22)19(24)13-12-26-18(21-13)16-6-7-17(20)27-16/h2-7,12H,8-11H2,1H3. The Hall–Kier alpha value is -2.09. The minimum absolute atomic E-state index is 0.0140. The fourth-order valence-corrected chi connectivity index (χ4v) is 5.03. The lowest BCUT2D eigenvalue weighted by molar-refractivity contribution is 0.0741. The van der Waals surface area contributed by atoms with Crippen LogP contribution in [0.2, 0.25) is 4.34 Å². The number of para-hydroxylation sites is 2. The number of aromatic nitrogens is 1. The van der Waals surface area contributed by atoms with E-state index in [0.717, 1.165) is 38.7 Å². The van der Waals surface area contributed by atoms with E-state index in [1.165, 1.54) is 22.7 Å². The van der Waals surface area contributed by atoms with Crippen LogP contribution in [0.15, 0.2) is 41.8 Å². The Morgan fingerprint density at radius 3 is 2.63 bits per heavy atom. The molecule has 140 valence electrons. The molecule has 5 nitrogen and oxygen atoms in total. The Morgan fingerprint density at radius 1 is 1.15 bits per heavy atom. The van der Waals surface area contributed by atoms with E-state index in [1.807, 2.05) is 40.6 Å². The molecular formula is C19H18ClN3O2S2. The van der Waals surface area contributed by atoms with E-state index < -0.39 is 0 Å². The monoisotopic (exact) mass is 419 g/mol. The molecule has 4 rings (SSSR count). The minimum Gasteiger partial charge on any atom is -0.495 e. The van der Waals surface area contributed by atoms with E-state index >= 15 is 0 Å². The normalized spacial score (nSPS) is 14.4. The van der Waals surface area contributed by atoms with Crippen molar-refractivity contribution in [2.45, 2.75) is 0 Å². The topological polar surface area (TPSA) is 45.7 Å². The number of halogens is 1. The van der Waals surface area contributed by atoms with Crippen molar-refractivity contribution >= 4 is 45.9 Å². The number of thiazole rings is 1. The smallest absolute Gasteiger partial charge is 0.273 e. The van der Waals surface area contributed by atoms with Crippen molar-refractivity contribution in [3.63, 3.8) is 0 Å². The summed E-state index contributed by atoms with van der Waals surface area (Å²) < 4.78 is 6.17. The Morgan fingerprint density at radius 2 is 1.93 bits per heavy atom. The van der Waals surface area contributed by atoms with E-state index in [9.17, 15) is 4.79 Å². The lowest BCUT2D eigenvalue weighted by Gasteiger charge is -2.36. The number of thiophene rings is 1. The molecule has 27 heavy (non-hydrogen) atoms. The number of carbonyl (C=O) groups excluding carboxylic acids is 1. The largest absolute Gasteiger partial charge is 0.495 e. The molecule has 0 N–H and O–H groups in total. The van der Waals surface area contributed by atoms with Crippen LogP contribution in [0.25, 0.3) is 9.88 Å². The van der Waals surface area contributed by atoms with Gasteiger partial charge < -0.3 is 14.5 Å². The van der Waals surface area contributed by atoms with Gasteiger partial charge in [-0.1, -0.05) is 23.7 Å². The molecule has 1 aliphatic rings. The first kappa shape index (κ1) is 18.3. The Bertz CT molecular complexity index is 948. The summed E-state index contributed by atoms with van der Waals surface area (Å²) in [6.45, 7) is 2.86. The number of piperazine rings is 1. The van der Waals surface area contributed by atoms with Crippen LogP contribution in [0.4, 0.5) is 5.69 Å². The predicted octanol–water partition coefficient (Wildman–Crippen LogP) is 4.50. The highest BCUT2D eigenvalue weighted by Crippen LogP contribution is 2.33. The molecule has 1 aliphatic heterocycles. The molecule has 0 aliphatic carbocycles. The van der Waals surface area contributed by atoms with E-state index in [-0.39, 0.29) is 5.91 Å². The highest BCUT2D eigenvalue weighted by Gasteiger charge is 2.25. The summed E-state index contributed by atoms with van der Waals surface area (Å²) in [5.41, 5.74) is 1.57. The fraction of sp³-hybridized carbons (Fsp3) is 0.263. The molecule has 3 heterocycles. The second-order valence-electron chi connectivity index (χ2n) is 6.09.